The average molecular weight is 579 g/mol. The number of benzene rings is 3. The van der Waals surface area contributed by atoms with Crippen LogP contribution in [0, 0.1) is 0 Å². The lowest BCUT2D eigenvalue weighted by molar-refractivity contribution is 0.0204. The zero-order valence-corrected chi connectivity index (χ0v) is 26.0. The number of anilines is 1. The molecular weight excluding hydrogens is 536 g/mol. The smallest absolute Gasteiger partial charge is 0.410 e. The maximum atomic E-state index is 12.7. The van der Waals surface area contributed by atoms with Crippen LogP contribution in [-0.2, 0) is 11.3 Å². The third-order valence-corrected chi connectivity index (χ3v) is 8.01. The SMILES string of the molecule is COc1cc(-c2cccc(CN(c3ccccc3SC)C3CCN(C(=O)OC(C)(C)C)CC3)c2)cc(OC)c1OC. The predicted octanol–water partition coefficient (Wildman–Crippen LogP) is 7.51. The Morgan fingerprint density at radius 3 is 2.15 bits per heavy atom. The van der Waals surface area contributed by atoms with Crippen molar-refractivity contribution >= 4 is 23.5 Å². The van der Waals surface area contributed by atoms with E-state index in [0.29, 0.717) is 30.3 Å². The number of rotatable bonds is 9. The van der Waals surface area contributed by atoms with Gasteiger partial charge < -0.3 is 28.7 Å². The van der Waals surface area contributed by atoms with Gasteiger partial charge in [0.2, 0.25) is 5.75 Å². The Hall–Kier alpha value is -3.52. The summed E-state index contributed by atoms with van der Waals surface area (Å²) in [5.74, 6) is 1.83. The van der Waals surface area contributed by atoms with Crippen LogP contribution >= 0.6 is 11.8 Å². The predicted molar refractivity (Wildman–Crippen MR) is 167 cm³/mol. The fourth-order valence-electron chi connectivity index (χ4n) is 5.26. The van der Waals surface area contributed by atoms with Gasteiger partial charge in [-0.05, 0) is 86.9 Å². The molecule has 0 aliphatic carbocycles. The zero-order chi connectivity index (χ0) is 29.6. The molecule has 0 radical (unpaired) electrons. The van der Waals surface area contributed by atoms with Crippen molar-refractivity contribution in [2.45, 2.75) is 56.7 Å². The molecule has 220 valence electrons. The molecule has 1 fully saturated rings. The first-order chi connectivity index (χ1) is 19.7. The average Bonchev–Trinajstić information content (AvgIpc) is 2.98. The van der Waals surface area contributed by atoms with E-state index in [0.717, 1.165) is 30.5 Å². The topological polar surface area (TPSA) is 60.5 Å². The molecule has 0 aromatic heterocycles. The lowest BCUT2D eigenvalue weighted by atomic mass is 9.99. The summed E-state index contributed by atoms with van der Waals surface area (Å²) in [6.07, 6.45) is 3.63. The molecule has 0 spiro atoms. The molecule has 3 aromatic rings. The van der Waals surface area contributed by atoms with E-state index in [1.54, 1.807) is 33.1 Å². The first-order valence-corrected chi connectivity index (χ1v) is 15.2. The quantitative estimate of drug-likeness (QED) is 0.244. The molecule has 0 bridgehead atoms. The van der Waals surface area contributed by atoms with Gasteiger partial charge in [0, 0.05) is 30.6 Å². The minimum Gasteiger partial charge on any atom is -0.493 e. The number of ether oxygens (including phenoxy) is 4. The van der Waals surface area contributed by atoms with Crippen molar-refractivity contribution in [3.05, 3.63) is 66.2 Å². The lowest BCUT2D eigenvalue weighted by Crippen LogP contribution is -2.48. The van der Waals surface area contributed by atoms with Crippen LogP contribution in [0.1, 0.15) is 39.2 Å². The van der Waals surface area contributed by atoms with Crippen LogP contribution in [-0.4, -0.2) is 63.3 Å². The lowest BCUT2D eigenvalue weighted by Gasteiger charge is -2.40. The van der Waals surface area contributed by atoms with Crippen molar-refractivity contribution in [1.29, 1.82) is 0 Å². The molecule has 0 atom stereocenters. The molecular formula is C33H42N2O5S. The maximum absolute atomic E-state index is 12.7. The third-order valence-electron chi connectivity index (χ3n) is 7.23. The summed E-state index contributed by atoms with van der Waals surface area (Å²) in [5, 5.41) is 0. The molecule has 1 heterocycles. The third kappa shape index (κ3) is 7.41. The summed E-state index contributed by atoms with van der Waals surface area (Å²) in [5.41, 5.74) is 3.97. The van der Waals surface area contributed by atoms with Crippen LogP contribution in [0.5, 0.6) is 17.2 Å². The van der Waals surface area contributed by atoms with Gasteiger partial charge in [-0.2, -0.15) is 0 Å². The van der Waals surface area contributed by atoms with E-state index in [-0.39, 0.29) is 12.1 Å². The molecule has 1 aliphatic rings. The molecule has 0 unspecified atom stereocenters. The summed E-state index contributed by atoms with van der Waals surface area (Å²) in [6, 6.07) is 21.4. The van der Waals surface area contributed by atoms with Gasteiger partial charge in [0.05, 0.1) is 27.0 Å². The van der Waals surface area contributed by atoms with Crippen LogP contribution in [0.15, 0.2) is 65.6 Å². The van der Waals surface area contributed by atoms with Crippen molar-refractivity contribution in [3.63, 3.8) is 0 Å². The van der Waals surface area contributed by atoms with E-state index in [4.69, 9.17) is 18.9 Å². The van der Waals surface area contributed by atoms with E-state index in [1.165, 1.54) is 16.1 Å². The number of hydrogen-bond donors (Lipinski definition) is 0. The summed E-state index contributed by atoms with van der Waals surface area (Å²) in [7, 11) is 4.87. The number of thioether (sulfide) groups is 1. The molecule has 0 saturated carbocycles. The molecule has 3 aromatic carbocycles. The van der Waals surface area contributed by atoms with Crippen LogP contribution < -0.4 is 19.1 Å². The van der Waals surface area contributed by atoms with Gasteiger partial charge in [-0.1, -0.05) is 30.3 Å². The maximum Gasteiger partial charge on any atom is 0.410 e. The second-order valence-corrected chi connectivity index (χ2v) is 12.0. The molecule has 1 amide bonds. The monoisotopic (exact) mass is 578 g/mol. The molecule has 7 nitrogen and oxygen atoms in total. The Morgan fingerprint density at radius 2 is 1.56 bits per heavy atom. The number of carbonyl (C=O) groups is 1. The molecule has 1 saturated heterocycles. The number of methoxy groups -OCH3 is 3. The molecule has 0 N–H and O–H groups in total. The standard InChI is InChI=1S/C33H42N2O5S/c1-33(2,3)40-32(36)34-17-15-26(16-18-34)35(27-13-8-9-14-30(27)41-7)22-23-11-10-12-24(19-23)25-20-28(37-4)31(39-6)29(21-25)38-5/h8-14,19-21,26H,15-18,22H2,1-7H3. The number of para-hydroxylation sites is 1. The van der Waals surface area contributed by atoms with E-state index in [2.05, 4.69) is 59.7 Å². The highest BCUT2D eigenvalue weighted by atomic mass is 32.2. The Labute approximate surface area is 248 Å². The highest BCUT2D eigenvalue weighted by Gasteiger charge is 2.30. The largest absolute Gasteiger partial charge is 0.493 e. The van der Waals surface area contributed by atoms with E-state index in [9.17, 15) is 4.79 Å². The van der Waals surface area contributed by atoms with Crippen molar-refractivity contribution < 1.29 is 23.7 Å². The van der Waals surface area contributed by atoms with E-state index in [1.807, 2.05) is 37.8 Å². The number of carbonyl (C=O) groups excluding carboxylic acids is 1. The van der Waals surface area contributed by atoms with Crippen molar-refractivity contribution in [3.8, 4) is 28.4 Å². The highest BCUT2D eigenvalue weighted by molar-refractivity contribution is 7.98. The minimum atomic E-state index is -0.500. The summed E-state index contributed by atoms with van der Waals surface area (Å²) < 4.78 is 22.4. The van der Waals surface area contributed by atoms with E-state index >= 15 is 0 Å². The second-order valence-electron chi connectivity index (χ2n) is 11.1. The molecule has 8 heteroatoms. The van der Waals surface area contributed by atoms with Crippen LogP contribution in [0.25, 0.3) is 11.1 Å². The Bertz CT molecular complexity index is 1310. The normalized spacial score (nSPS) is 14.0. The Balaban J connectivity index is 1.62. The molecule has 1 aliphatic heterocycles. The van der Waals surface area contributed by atoms with Gasteiger partial charge in [0.25, 0.3) is 0 Å². The fourth-order valence-corrected chi connectivity index (χ4v) is 5.87. The fraction of sp³-hybridized carbons (Fsp3) is 0.424. The molecule has 4 rings (SSSR count). The second kappa shape index (κ2) is 13.4. The van der Waals surface area contributed by atoms with Crippen LogP contribution in [0.2, 0.25) is 0 Å². The minimum absolute atomic E-state index is 0.231. The van der Waals surface area contributed by atoms with Crippen LogP contribution in [0.3, 0.4) is 0 Å². The summed E-state index contributed by atoms with van der Waals surface area (Å²) >= 11 is 1.76. The highest BCUT2D eigenvalue weighted by Crippen LogP contribution is 2.41. The molecule has 41 heavy (non-hydrogen) atoms. The van der Waals surface area contributed by atoms with Gasteiger partial charge in [-0.25, -0.2) is 4.79 Å². The van der Waals surface area contributed by atoms with E-state index < -0.39 is 5.60 Å². The summed E-state index contributed by atoms with van der Waals surface area (Å²) in [4.78, 5) is 18.3. The van der Waals surface area contributed by atoms with Gasteiger partial charge >= 0.3 is 6.09 Å². The number of amides is 1. The zero-order valence-electron chi connectivity index (χ0n) is 25.2. The number of piperidine rings is 1. The summed E-state index contributed by atoms with van der Waals surface area (Å²) in [6.45, 7) is 7.81. The van der Waals surface area contributed by atoms with Crippen molar-refractivity contribution in [2.75, 3.05) is 45.6 Å². The Morgan fingerprint density at radius 1 is 0.902 bits per heavy atom. The van der Waals surface area contributed by atoms with Crippen molar-refractivity contribution in [1.82, 2.24) is 4.90 Å². The van der Waals surface area contributed by atoms with Gasteiger partial charge in [0.15, 0.2) is 11.5 Å². The Kier molecular flexibility index (Phi) is 9.97. The first kappa shape index (κ1) is 30.4. The van der Waals surface area contributed by atoms with Crippen LogP contribution in [0.4, 0.5) is 10.5 Å². The number of nitrogens with zero attached hydrogens (tertiary/aromatic N) is 2. The number of likely N-dealkylation sites (tertiary alicyclic amines) is 1. The van der Waals surface area contributed by atoms with Gasteiger partial charge in [-0.15, -0.1) is 11.8 Å². The van der Waals surface area contributed by atoms with Gasteiger partial charge in [-0.3, -0.25) is 0 Å². The number of hydrogen-bond acceptors (Lipinski definition) is 7. The first-order valence-electron chi connectivity index (χ1n) is 13.9. The van der Waals surface area contributed by atoms with Crippen molar-refractivity contribution in [2.24, 2.45) is 0 Å². The van der Waals surface area contributed by atoms with Gasteiger partial charge in [0.1, 0.15) is 5.60 Å².